The van der Waals surface area contributed by atoms with Gasteiger partial charge in [0.05, 0.1) is 12.3 Å². The first-order chi connectivity index (χ1) is 12.2. The molecule has 2 fully saturated rings. The third kappa shape index (κ3) is 3.63. The molecule has 25 heavy (non-hydrogen) atoms. The summed E-state index contributed by atoms with van der Waals surface area (Å²) in [6, 6.07) is 7.88. The molecule has 0 aromatic heterocycles. The van der Waals surface area contributed by atoms with Gasteiger partial charge in [-0.3, -0.25) is 9.59 Å². The lowest BCUT2D eigenvalue weighted by atomic mass is 10.1. The van der Waals surface area contributed by atoms with E-state index in [1.54, 1.807) is 4.90 Å². The van der Waals surface area contributed by atoms with Crippen LogP contribution in [0.4, 0.5) is 5.69 Å². The number of rotatable bonds is 6. The molecule has 6 heteroatoms. The molecule has 1 saturated heterocycles. The molecule has 2 amide bonds. The maximum atomic E-state index is 12.8. The molecule has 2 heterocycles. The number of benzene rings is 1. The molecule has 1 aromatic carbocycles. The predicted octanol–water partition coefficient (Wildman–Crippen LogP) is 1.83. The van der Waals surface area contributed by atoms with Crippen LogP contribution < -0.4 is 9.64 Å². The zero-order valence-corrected chi connectivity index (χ0v) is 14.4. The summed E-state index contributed by atoms with van der Waals surface area (Å²) in [4.78, 5) is 28.7. The predicted molar refractivity (Wildman–Crippen MR) is 92.6 cm³/mol. The zero-order valence-electron chi connectivity index (χ0n) is 14.4. The number of fused-ring (bicyclic) bond motifs is 1. The molecule has 0 bridgehead atoms. The monoisotopic (exact) mass is 344 g/mol. The van der Waals surface area contributed by atoms with E-state index < -0.39 is 0 Å². The highest BCUT2D eigenvalue weighted by Crippen LogP contribution is 2.32. The Morgan fingerprint density at radius 3 is 2.84 bits per heavy atom. The second kappa shape index (κ2) is 7.04. The molecule has 6 nitrogen and oxygen atoms in total. The molecule has 4 rings (SSSR count). The van der Waals surface area contributed by atoms with E-state index in [1.807, 2.05) is 29.2 Å². The maximum Gasteiger partial charge on any atom is 0.265 e. The highest BCUT2D eigenvalue weighted by molar-refractivity contribution is 5.98. The van der Waals surface area contributed by atoms with Gasteiger partial charge in [0.1, 0.15) is 5.75 Å². The molecule has 0 N–H and O–H groups in total. The molecule has 134 valence electrons. The third-order valence-corrected chi connectivity index (χ3v) is 5.14. The first-order valence-corrected chi connectivity index (χ1v) is 9.12. The maximum absolute atomic E-state index is 12.8. The van der Waals surface area contributed by atoms with Gasteiger partial charge < -0.3 is 19.3 Å². The van der Waals surface area contributed by atoms with Crippen molar-refractivity contribution in [3.8, 4) is 5.75 Å². The largest absolute Gasteiger partial charge is 0.482 e. The molecule has 2 aliphatic heterocycles. The molecule has 0 radical (unpaired) electrons. The summed E-state index contributed by atoms with van der Waals surface area (Å²) in [6.07, 6.45) is 3.58. The van der Waals surface area contributed by atoms with Crippen molar-refractivity contribution < 1.29 is 19.1 Å². The van der Waals surface area contributed by atoms with Crippen LogP contribution in [-0.4, -0.2) is 55.7 Å². The molecule has 0 unspecified atom stereocenters. The number of anilines is 1. The second-order valence-corrected chi connectivity index (χ2v) is 7.06. The Labute approximate surface area is 147 Å². The lowest BCUT2D eigenvalue weighted by Crippen LogP contribution is -2.43. The first-order valence-electron chi connectivity index (χ1n) is 9.12. The van der Waals surface area contributed by atoms with Gasteiger partial charge in [-0.25, -0.2) is 0 Å². The molecule has 0 spiro atoms. The van der Waals surface area contributed by atoms with E-state index in [0.29, 0.717) is 30.7 Å². The van der Waals surface area contributed by atoms with Crippen molar-refractivity contribution in [3.05, 3.63) is 24.3 Å². The van der Waals surface area contributed by atoms with Crippen LogP contribution in [0.25, 0.3) is 0 Å². The average molecular weight is 344 g/mol. The minimum Gasteiger partial charge on any atom is -0.482 e. The van der Waals surface area contributed by atoms with Crippen molar-refractivity contribution in [2.45, 2.75) is 31.7 Å². The number of nitrogens with zero attached hydrogens (tertiary/aromatic N) is 2. The zero-order chi connectivity index (χ0) is 17.2. The number of carbonyl (C=O) groups is 2. The van der Waals surface area contributed by atoms with Crippen LogP contribution in [0.1, 0.15) is 25.7 Å². The van der Waals surface area contributed by atoms with Crippen LogP contribution in [-0.2, 0) is 14.3 Å². The van der Waals surface area contributed by atoms with Gasteiger partial charge in [0.15, 0.2) is 6.61 Å². The van der Waals surface area contributed by atoms with Crippen LogP contribution in [0.15, 0.2) is 24.3 Å². The van der Waals surface area contributed by atoms with Crippen molar-refractivity contribution in [1.29, 1.82) is 0 Å². The normalized spacial score (nSPS) is 22.5. The van der Waals surface area contributed by atoms with E-state index >= 15 is 0 Å². The van der Waals surface area contributed by atoms with E-state index in [0.717, 1.165) is 44.7 Å². The van der Waals surface area contributed by atoms with Crippen molar-refractivity contribution >= 4 is 17.5 Å². The van der Waals surface area contributed by atoms with Gasteiger partial charge in [-0.05, 0) is 31.4 Å². The summed E-state index contributed by atoms with van der Waals surface area (Å²) in [5, 5.41) is 0. The number of carbonyl (C=O) groups excluding carboxylic acids is 2. The molecule has 3 aliphatic rings. The molecule has 1 aromatic rings. The van der Waals surface area contributed by atoms with Crippen LogP contribution in [0.3, 0.4) is 0 Å². The van der Waals surface area contributed by atoms with Gasteiger partial charge in [0.2, 0.25) is 5.91 Å². The van der Waals surface area contributed by atoms with Crippen molar-refractivity contribution in [2.24, 2.45) is 5.92 Å². The van der Waals surface area contributed by atoms with Gasteiger partial charge in [0.25, 0.3) is 5.91 Å². The van der Waals surface area contributed by atoms with Crippen molar-refractivity contribution in [1.82, 2.24) is 4.90 Å². The smallest absolute Gasteiger partial charge is 0.265 e. The lowest BCUT2D eigenvalue weighted by molar-refractivity contribution is -0.132. The van der Waals surface area contributed by atoms with Crippen molar-refractivity contribution in [3.63, 3.8) is 0 Å². The molecule has 1 saturated carbocycles. The fourth-order valence-corrected chi connectivity index (χ4v) is 3.60. The Balaban J connectivity index is 1.39. The fraction of sp³-hybridized carbons (Fsp3) is 0.579. The Hall–Kier alpha value is -2.08. The van der Waals surface area contributed by atoms with Crippen LogP contribution >= 0.6 is 0 Å². The summed E-state index contributed by atoms with van der Waals surface area (Å²) in [6.45, 7) is 2.79. The van der Waals surface area contributed by atoms with Crippen molar-refractivity contribution in [2.75, 3.05) is 37.8 Å². The standard InChI is InChI=1S/C19H24N2O4/c22-18(21(15-5-6-15)11-14-8-10-24-12-14)7-9-20-16-3-1-2-4-17(16)25-13-19(20)23/h1-4,14-15H,5-13H2/t14-/m1/s1. The lowest BCUT2D eigenvalue weighted by Gasteiger charge is -2.30. The van der Waals surface area contributed by atoms with E-state index in [2.05, 4.69) is 0 Å². The number of hydrogen-bond acceptors (Lipinski definition) is 4. The Kier molecular flexibility index (Phi) is 4.61. The fourth-order valence-electron chi connectivity index (χ4n) is 3.60. The summed E-state index contributed by atoms with van der Waals surface area (Å²) >= 11 is 0. The molecule has 1 atom stereocenters. The van der Waals surface area contributed by atoms with Gasteiger partial charge in [-0.2, -0.15) is 0 Å². The van der Waals surface area contributed by atoms with Gasteiger partial charge in [-0.1, -0.05) is 12.1 Å². The number of amides is 2. The quantitative estimate of drug-likeness (QED) is 0.790. The Morgan fingerprint density at radius 2 is 2.08 bits per heavy atom. The number of hydrogen-bond donors (Lipinski definition) is 0. The second-order valence-electron chi connectivity index (χ2n) is 7.06. The third-order valence-electron chi connectivity index (χ3n) is 5.14. The first kappa shape index (κ1) is 16.4. The highest BCUT2D eigenvalue weighted by Gasteiger charge is 2.35. The highest BCUT2D eigenvalue weighted by atomic mass is 16.5. The minimum absolute atomic E-state index is 0.0386. The number of ether oxygens (including phenoxy) is 2. The van der Waals surface area contributed by atoms with Gasteiger partial charge >= 0.3 is 0 Å². The summed E-state index contributed by atoms with van der Waals surface area (Å²) in [5.41, 5.74) is 0.758. The molecular weight excluding hydrogens is 320 g/mol. The van der Waals surface area contributed by atoms with E-state index in [4.69, 9.17) is 9.47 Å². The topological polar surface area (TPSA) is 59.1 Å². The van der Waals surface area contributed by atoms with Crippen LogP contribution in [0, 0.1) is 5.92 Å². The average Bonchev–Trinajstić information content (AvgIpc) is 3.34. The van der Waals surface area contributed by atoms with E-state index in [1.165, 1.54) is 0 Å². The van der Waals surface area contributed by atoms with Gasteiger partial charge in [0, 0.05) is 38.1 Å². The Bertz CT molecular complexity index is 653. The van der Waals surface area contributed by atoms with Crippen LogP contribution in [0.2, 0.25) is 0 Å². The summed E-state index contributed by atoms with van der Waals surface area (Å²) in [7, 11) is 0. The summed E-state index contributed by atoms with van der Waals surface area (Å²) < 4.78 is 10.9. The SMILES string of the molecule is O=C1COc2ccccc2N1CCC(=O)N(C[C@H]1CCOC1)C1CC1. The van der Waals surface area contributed by atoms with Gasteiger partial charge in [-0.15, -0.1) is 0 Å². The Morgan fingerprint density at radius 1 is 1.24 bits per heavy atom. The summed E-state index contributed by atoms with van der Waals surface area (Å²) in [5.74, 6) is 1.21. The van der Waals surface area contributed by atoms with E-state index in [-0.39, 0.29) is 18.4 Å². The minimum atomic E-state index is -0.0892. The van der Waals surface area contributed by atoms with Crippen LogP contribution in [0.5, 0.6) is 5.75 Å². The van der Waals surface area contributed by atoms with E-state index in [9.17, 15) is 9.59 Å². The number of para-hydroxylation sites is 2. The molecule has 1 aliphatic carbocycles. The molecular formula is C19H24N2O4.